The molecule has 1 saturated heterocycles. The van der Waals surface area contributed by atoms with Gasteiger partial charge in [-0.15, -0.1) is 0 Å². The Balaban J connectivity index is 1.44. The van der Waals surface area contributed by atoms with Crippen molar-refractivity contribution in [3.05, 3.63) is 47.8 Å². The summed E-state index contributed by atoms with van der Waals surface area (Å²) in [6.45, 7) is 1.83. The monoisotopic (exact) mass is 349 g/mol. The van der Waals surface area contributed by atoms with Crippen molar-refractivity contribution in [3.63, 3.8) is 0 Å². The van der Waals surface area contributed by atoms with E-state index >= 15 is 0 Å². The van der Waals surface area contributed by atoms with Gasteiger partial charge >= 0.3 is 0 Å². The van der Waals surface area contributed by atoms with E-state index in [1.165, 1.54) is 44.9 Å². The average molecular weight is 349 g/mol. The predicted octanol–water partition coefficient (Wildman–Crippen LogP) is 4.40. The molecule has 4 nitrogen and oxygen atoms in total. The molecule has 2 heterocycles. The van der Waals surface area contributed by atoms with Crippen LogP contribution < -0.4 is 0 Å². The third kappa shape index (κ3) is 2.95. The molecule has 2 saturated carbocycles. The van der Waals surface area contributed by atoms with Crippen LogP contribution in [0.1, 0.15) is 67.0 Å². The fourth-order valence-electron chi connectivity index (χ4n) is 4.84. The molecule has 0 bridgehead atoms. The quantitative estimate of drug-likeness (QED) is 0.823. The Bertz CT molecular complexity index is 793. The van der Waals surface area contributed by atoms with Crippen molar-refractivity contribution in [3.8, 4) is 5.69 Å². The molecular formula is C22H27N3O. The Morgan fingerprint density at radius 2 is 1.73 bits per heavy atom. The maximum Gasteiger partial charge on any atom is 0.272 e. The highest BCUT2D eigenvalue weighted by Crippen LogP contribution is 2.40. The molecule has 2 atom stereocenters. The number of rotatable bonds is 3. The second kappa shape index (κ2) is 6.57. The first-order chi connectivity index (χ1) is 12.8. The highest BCUT2D eigenvalue weighted by molar-refractivity contribution is 5.93. The van der Waals surface area contributed by atoms with Crippen LogP contribution in [0, 0.1) is 11.8 Å². The van der Waals surface area contributed by atoms with Crippen LogP contribution in [-0.2, 0) is 0 Å². The van der Waals surface area contributed by atoms with Gasteiger partial charge in [-0.05, 0) is 55.7 Å². The molecule has 2 aliphatic carbocycles. The fraction of sp³-hybridized carbons (Fsp3) is 0.545. The van der Waals surface area contributed by atoms with Crippen LogP contribution in [0.4, 0.5) is 0 Å². The summed E-state index contributed by atoms with van der Waals surface area (Å²) in [4.78, 5) is 15.5. The van der Waals surface area contributed by atoms with E-state index in [0.717, 1.165) is 36.1 Å². The third-order valence-corrected chi connectivity index (χ3v) is 6.52. The summed E-state index contributed by atoms with van der Waals surface area (Å²) in [6.07, 6.45) is 8.93. The lowest BCUT2D eigenvalue weighted by atomic mass is 9.75. The lowest BCUT2D eigenvalue weighted by Crippen LogP contribution is -2.45. The molecule has 1 aromatic carbocycles. The molecule has 0 spiro atoms. The van der Waals surface area contributed by atoms with E-state index in [9.17, 15) is 4.79 Å². The number of hydrogen-bond donors (Lipinski definition) is 0. The second-order valence-electron chi connectivity index (χ2n) is 8.32. The highest BCUT2D eigenvalue weighted by atomic mass is 16.2. The van der Waals surface area contributed by atoms with Crippen LogP contribution >= 0.6 is 0 Å². The number of piperidine rings is 1. The molecule has 0 radical (unpaired) electrons. The summed E-state index contributed by atoms with van der Waals surface area (Å²) in [6, 6.07) is 12.1. The molecule has 5 rings (SSSR count). The minimum Gasteiger partial charge on any atom is -0.337 e. The molecule has 0 unspecified atom stereocenters. The fourth-order valence-corrected chi connectivity index (χ4v) is 4.84. The number of fused-ring (bicyclic) bond motifs is 1. The number of carbonyl (C=O) groups is 1. The van der Waals surface area contributed by atoms with Crippen molar-refractivity contribution in [1.82, 2.24) is 14.7 Å². The molecule has 3 fully saturated rings. The summed E-state index contributed by atoms with van der Waals surface area (Å²) in [5, 5.41) is 4.81. The van der Waals surface area contributed by atoms with Crippen molar-refractivity contribution in [2.75, 3.05) is 13.1 Å². The predicted molar refractivity (Wildman–Crippen MR) is 102 cm³/mol. The second-order valence-corrected chi connectivity index (χ2v) is 8.32. The van der Waals surface area contributed by atoms with Crippen LogP contribution in [0.25, 0.3) is 5.69 Å². The molecule has 0 N–H and O–H groups in total. The molecule has 2 aromatic rings. The molecule has 1 amide bonds. The Labute approximate surface area is 155 Å². The van der Waals surface area contributed by atoms with E-state index in [0.29, 0.717) is 11.8 Å². The van der Waals surface area contributed by atoms with Crippen molar-refractivity contribution in [2.24, 2.45) is 11.8 Å². The van der Waals surface area contributed by atoms with Gasteiger partial charge in [0, 0.05) is 19.0 Å². The number of para-hydroxylation sites is 1. The first-order valence-corrected chi connectivity index (χ1v) is 10.2. The van der Waals surface area contributed by atoms with Gasteiger partial charge in [-0.2, -0.15) is 5.10 Å². The molecule has 1 aromatic heterocycles. The number of hydrogen-bond acceptors (Lipinski definition) is 2. The highest BCUT2D eigenvalue weighted by Gasteiger charge is 2.35. The number of carbonyl (C=O) groups excluding carboxylic acids is 1. The Morgan fingerprint density at radius 3 is 2.50 bits per heavy atom. The lowest BCUT2D eigenvalue weighted by Gasteiger charge is -2.41. The number of amides is 1. The summed E-state index contributed by atoms with van der Waals surface area (Å²) in [5.74, 6) is 2.26. The van der Waals surface area contributed by atoms with Gasteiger partial charge < -0.3 is 4.90 Å². The summed E-state index contributed by atoms with van der Waals surface area (Å²) in [7, 11) is 0. The van der Waals surface area contributed by atoms with E-state index in [-0.39, 0.29) is 5.91 Å². The van der Waals surface area contributed by atoms with Crippen LogP contribution in [0.2, 0.25) is 0 Å². The third-order valence-electron chi connectivity index (χ3n) is 6.52. The maximum absolute atomic E-state index is 13.4. The standard InChI is InChI=1S/C22H27N3O/c26-22(24-13-12-16-6-4-5-7-18(16)15-24)21-14-20(17-10-11-17)23-25(21)19-8-2-1-3-9-19/h1-3,8-9,14,16-18H,4-7,10-13,15H2/t16-,18-/m1/s1. The van der Waals surface area contributed by atoms with Gasteiger partial charge in [0.05, 0.1) is 11.4 Å². The van der Waals surface area contributed by atoms with Gasteiger partial charge in [-0.25, -0.2) is 4.68 Å². The smallest absolute Gasteiger partial charge is 0.272 e. The van der Waals surface area contributed by atoms with E-state index in [2.05, 4.69) is 11.0 Å². The lowest BCUT2D eigenvalue weighted by molar-refractivity contribution is 0.0512. The zero-order valence-corrected chi connectivity index (χ0v) is 15.3. The van der Waals surface area contributed by atoms with Gasteiger partial charge in [-0.1, -0.05) is 37.5 Å². The summed E-state index contributed by atoms with van der Waals surface area (Å²) >= 11 is 0. The van der Waals surface area contributed by atoms with E-state index in [4.69, 9.17) is 5.10 Å². The maximum atomic E-state index is 13.4. The zero-order valence-electron chi connectivity index (χ0n) is 15.3. The zero-order chi connectivity index (χ0) is 17.5. The van der Waals surface area contributed by atoms with Crippen molar-refractivity contribution >= 4 is 5.91 Å². The van der Waals surface area contributed by atoms with E-state index in [1.807, 2.05) is 35.0 Å². The van der Waals surface area contributed by atoms with E-state index in [1.54, 1.807) is 0 Å². The van der Waals surface area contributed by atoms with Crippen LogP contribution in [0.3, 0.4) is 0 Å². The largest absolute Gasteiger partial charge is 0.337 e. The molecular weight excluding hydrogens is 322 g/mol. The Morgan fingerprint density at radius 1 is 0.962 bits per heavy atom. The van der Waals surface area contributed by atoms with Gasteiger partial charge in [0.2, 0.25) is 0 Å². The van der Waals surface area contributed by atoms with Crippen LogP contribution in [0.5, 0.6) is 0 Å². The topological polar surface area (TPSA) is 38.1 Å². The van der Waals surface area contributed by atoms with E-state index < -0.39 is 0 Å². The molecule has 4 heteroatoms. The number of likely N-dealkylation sites (tertiary alicyclic amines) is 1. The SMILES string of the molecule is O=C(c1cc(C2CC2)nn1-c1ccccc1)N1CC[C@H]2CCCC[C@@H]2C1. The van der Waals surface area contributed by atoms with Crippen molar-refractivity contribution in [1.29, 1.82) is 0 Å². The molecule has 136 valence electrons. The summed E-state index contributed by atoms with van der Waals surface area (Å²) < 4.78 is 1.88. The summed E-state index contributed by atoms with van der Waals surface area (Å²) in [5.41, 5.74) is 2.81. The van der Waals surface area contributed by atoms with Crippen LogP contribution in [0.15, 0.2) is 36.4 Å². The average Bonchev–Trinajstić information content (AvgIpc) is 3.46. The minimum absolute atomic E-state index is 0.164. The van der Waals surface area contributed by atoms with Gasteiger partial charge in [0.25, 0.3) is 5.91 Å². The van der Waals surface area contributed by atoms with Gasteiger partial charge in [-0.3, -0.25) is 4.79 Å². The van der Waals surface area contributed by atoms with Gasteiger partial charge in [0.15, 0.2) is 0 Å². The van der Waals surface area contributed by atoms with Gasteiger partial charge in [0.1, 0.15) is 5.69 Å². The first-order valence-electron chi connectivity index (χ1n) is 10.2. The molecule has 1 aliphatic heterocycles. The normalized spacial score (nSPS) is 25.8. The number of nitrogens with zero attached hydrogens (tertiary/aromatic N) is 3. The number of benzene rings is 1. The van der Waals surface area contributed by atoms with Crippen LogP contribution in [-0.4, -0.2) is 33.7 Å². The minimum atomic E-state index is 0.164. The van der Waals surface area contributed by atoms with Crippen molar-refractivity contribution in [2.45, 2.75) is 50.9 Å². The first kappa shape index (κ1) is 16.1. The number of aromatic nitrogens is 2. The molecule has 3 aliphatic rings. The Kier molecular flexibility index (Phi) is 4.07. The Hall–Kier alpha value is -2.10. The molecule has 26 heavy (non-hydrogen) atoms. The van der Waals surface area contributed by atoms with Crippen molar-refractivity contribution < 1.29 is 4.79 Å².